The van der Waals surface area contributed by atoms with Crippen LogP contribution >= 0.6 is 40.0 Å². The molecule has 98 valence electrons. The summed E-state index contributed by atoms with van der Waals surface area (Å²) in [5.74, 6) is 1.28. The zero-order chi connectivity index (χ0) is 13.4. The number of hydrogen-bond donors (Lipinski definition) is 2. The number of nitrogens with zero attached hydrogens (tertiary/aromatic N) is 5. The molecule has 3 rings (SSSR count). The third-order valence-electron chi connectivity index (χ3n) is 2.43. The van der Waals surface area contributed by atoms with Crippen molar-refractivity contribution in [2.24, 2.45) is 0 Å². The number of anilines is 2. The quantitative estimate of drug-likeness (QED) is 0.396. The van der Waals surface area contributed by atoms with E-state index >= 15 is 0 Å². The summed E-state index contributed by atoms with van der Waals surface area (Å²) >= 11 is 8.19. The monoisotopic (exact) mass is 407 g/mol. The van der Waals surface area contributed by atoms with Gasteiger partial charge in [0.1, 0.15) is 5.82 Å². The highest BCUT2D eigenvalue weighted by atomic mass is 127. The summed E-state index contributed by atoms with van der Waals surface area (Å²) in [5.41, 5.74) is 1.67. The molecule has 0 aliphatic heterocycles. The van der Waals surface area contributed by atoms with E-state index in [0.717, 1.165) is 11.1 Å². The molecule has 3 heterocycles. The number of halogens is 2. The topological polar surface area (TPSA) is 84.3 Å². The summed E-state index contributed by atoms with van der Waals surface area (Å²) < 4.78 is 1.78. The molecule has 0 amide bonds. The van der Waals surface area contributed by atoms with Gasteiger partial charge < -0.3 is 5.32 Å². The van der Waals surface area contributed by atoms with Crippen LogP contribution in [0, 0.1) is 6.92 Å². The molecule has 1 unspecified atom stereocenters. The number of aromatic amines is 1. The lowest BCUT2D eigenvalue weighted by Gasteiger charge is -2.04. The van der Waals surface area contributed by atoms with E-state index in [2.05, 4.69) is 52.6 Å². The van der Waals surface area contributed by atoms with Gasteiger partial charge in [0.05, 0.1) is 18.0 Å². The predicted molar refractivity (Wildman–Crippen MR) is 84.7 cm³/mol. The van der Waals surface area contributed by atoms with Gasteiger partial charge in [0.25, 0.3) is 0 Å². The Bertz CT molecular complexity index is 739. The van der Waals surface area contributed by atoms with Gasteiger partial charge in [0.2, 0.25) is 5.28 Å². The first kappa shape index (κ1) is 13.0. The van der Waals surface area contributed by atoms with Crippen molar-refractivity contribution >= 4 is 62.7 Å². The maximum atomic E-state index is 5.95. The number of H-pyrrole nitrogens is 1. The molecule has 19 heavy (non-hydrogen) atoms. The number of nitrogens with one attached hydrogen (secondary N) is 2. The van der Waals surface area contributed by atoms with Gasteiger partial charge in [-0.3, -0.25) is 5.10 Å². The Morgan fingerprint density at radius 2 is 2.32 bits per heavy atom. The van der Waals surface area contributed by atoms with Crippen LogP contribution in [-0.2, 0) is 0 Å². The first-order valence-electron chi connectivity index (χ1n) is 5.24. The van der Waals surface area contributed by atoms with E-state index in [9.17, 15) is 0 Å². The minimum Gasteiger partial charge on any atom is -0.323 e. The third-order valence-corrected chi connectivity index (χ3v) is 4.46. The number of fused-ring (bicyclic) bond motifs is 1. The summed E-state index contributed by atoms with van der Waals surface area (Å²) in [4.78, 5) is 8.39. The molecular weight excluding hydrogens is 399 g/mol. The molecule has 10 heteroatoms. The van der Waals surface area contributed by atoms with E-state index in [-0.39, 0.29) is 5.28 Å². The van der Waals surface area contributed by atoms with E-state index in [1.54, 1.807) is 10.6 Å². The van der Waals surface area contributed by atoms with Crippen LogP contribution in [0.5, 0.6) is 0 Å². The van der Waals surface area contributed by atoms with E-state index < -0.39 is 0 Å². The highest BCUT2D eigenvalue weighted by molar-refractivity contribution is 14.2. The second kappa shape index (κ2) is 5.18. The van der Waals surface area contributed by atoms with Crippen molar-refractivity contribution in [2.75, 3.05) is 5.32 Å². The summed E-state index contributed by atoms with van der Waals surface area (Å²) in [6, 6.07) is 1.88. The summed E-state index contributed by atoms with van der Waals surface area (Å²) in [7, 11) is 0. The lowest BCUT2D eigenvalue weighted by molar-refractivity contribution is 1.02. The Morgan fingerprint density at radius 3 is 3.00 bits per heavy atom. The largest absolute Gasteiger partial charge is 0.323 e. The average Bonchev–Trinajstić information content (AvgIpc) is 2.95. The zero-order valence-electron chi connectivity index (χ0n) is 9.65. The second-order valence-electron chi connectivity index (χ2n) is 3.78. The number of hydrogen-bond acceptors (Lipinski definition) is 5. The third kappa shape index (κ3) is 2.52. The van der Waals surface area contributed by atoms with E-state index in [1.807, 2.05) is 13.0 Å². The van der Waals surface area contributed by atoms with Gasteiger partial charge >= 0.3 is 0 Å². The van der Waals surface area contributed by atoms with Gasteiger partial charge in [0, 0.05) is 11.8 Å². The van der Waals surface area contributed by atoms with Crippen molar-refractivity contribution in [3.8, 4) is 0 Å². The van der Waals surface area contributed by atoms with Gasteiger partial charge in [-0.15, -0.1) is 0 Å². The smallest absolute Gasteiger partial charge is 0.226 e. The predicted octanol–water partition coefficient (Wildman–Crippen LogP) is 3.05. The molecule has 7 nitrogen and oxygen atoms in total. The number of rotatable bonds is 3. The highest BCUT2D eigenvalue weighted by Crippen LogP contribution is 2.31. The van der Waals surface area contributed by atoms with Crippen LogP contribution in [0.4, 0.5) is 11.6 Å². The Hall–Kier alpha value is -0.990. The van der Waals surface area contributed by atoms with E-state index in [1.165, 1.54) is 0 Å². The van der Waals surface area contributed by atoms with Crippen molar-refractivity contribution in [3.63, 3.8) is 0 Å². The molecule has 0 saturated carbocycles. The van der Waals surface area contributed by atoms with Gasteiger partial charge in [-0.25, -0.2) is 4.45 Å². The Morgan fingerprint density at radius 1 is 1.47 bits per heavy atom. The van der Waals surface area contributed by atoms with Gasteiger partial charge in [-0.05, 0) is 40.6 Å². The fourth-order valence-electron chi connectivity index (χ4n) is 1.64. The van der Waals surface area contributed by atoms with Gasteiger partial charge in [0.15, 0.2) is 11.5 Å². The van der Waals surface area contributed by atoms with Crippen molar-refractivity contribution in [1.29, 1.82) is 0 Å². The SMILES string of the molecule is Cc1cc(Nc2nc(Cl)nc3c2cnn3PI)n[nH]1. The fourth-order valence-corrected chi connectivity index (χ4v) is 3.22. The Balaban J connectivity index is 2.09. The molecule has 3 aromatic rings. The molecule has 1 atom stereocenters. The molecule has 0 saturated heterocycles. The zero-order valence-corrected chi connectivity index (χ0v) is 13.6. The van der Waals surface area contributed by atoms with Crippen LogP contribution in [0.15, 0.2) is 12.3 Å². The fraction of sp³-hybridized carbons (Fsp3) is 0.111. The first-order valence-corrected chi connectivity index (χ1v) is 9.68. The molecule has 0 bridgehead atoms. The number of aryl methyl sites for hydroxylation is 1. The van der Waals surface area contributed by atoms with Crippen LogP contribution in [0.3, 0.4) is 0 Å². The molecule has 0 fully saturated rings. The minimum atomic E-state index is 0.179. The average molecular weight is 408 g/mol. The first-order chi connectivity index (χ1) is 9.17. The van der Waals surface area contributed by atoms with Crippen LogP contribution in [0.25, 0.3) is 11.0 Å². The maximum absolute atomic E-state index is 5.95. The standard InChI is InChI=1S/C9H8ClIN7P/c1-4-2-6(17-16-4)13-7-5-3-12-18(19-11)8(5)15-9(10)14-7/h2-3,19H,1H3,(H2,13,14,15,16,17). The summed E-state index contributed by atoms with van der Waals surface area (Å²) in [5, 5.41) is 15.3. The van der Waals surface area contributed by atoms with E-state index in [0.29, 0.717) is 23.7 Å². The van der Waals surface area contributed by atoms with Crippen LogP contribution in [0.2, 0.25) is 5.28 Å². The van der Waals surface area contributed by atoms with Crippen LogP contribution < -0.4 is 5.32 Å². The summed E-state index contributed by atoms with van der Waals surface area (Å²) in [6.45, 7) is 1.93. The Kier molecular flexibility index (Phi) is 3.55. The normalized spacial score (nSPS) is 11.7. The molecule has 0 aromatic carbocycles. The molecule has 3 aromatic heterocycles. The molecule has 0 spiro atoms. The minimum absolute atomic E-state index is 0.179. The van der Waals surface area contributed by atoms with Crippen LogP contribution in [-0.4, -0.2) is 29.7 Å². The molecule has 0 radical (unpaired) electrons. The highest BCUT2D eigenvalue weighted by Gasteiger charge is 2.12. The second-order valence-corrected chi connectivity index (χ2v) is 6.16. The summed E-state index contributed by atoms with van der Waals surface area (Å²) in [6.07, 6.45) is 2.17. The molecular formula is C9H8ClIN7P. The van der Waals surface area contributed by atoms with Crippen molar-refractivity contribution < 1.29 is 0 Å². The lowest BCUT2D eigenvalue weighted by Crippen LogP contribution is -1.97. The molecule has 2 N–H and O–H groups in total. The van der Waals surface area contributed by atoms with E-state index in [4.69, 9.17) is 11.6 Å². The van der Waals surface area contributed by atoms with Crippen molar-refractivity contribution in [3.05, 3.63) is 23.2 Å². The Labute approximate surface area is 127 Å². The van der Waals surface area contributed by atoms with Crippen molar-refractivity contribution in [2.45, 2.75) is 6.92 Å². The lowest BCUT2D eigenvalue weighted by atomic mass is 10.4. The number of aromatic nitrogens is 6. The van der Waals surface area contributed by atoms with Crippen molar-refractivity contribution in [1.82, 2.24) is 29.7 Å². The van der Waals surface area contributed by atoms with Gasteiger partial charge in [-0.1, -0.05) is 0 Å². The maximum Gasteiger partial charge on any atom is 0.226 e. The molecule has 0 aliphatic carbocycles. The van der Waals surface area contributed by atoms with Gasteiger partial charge in [-0.2, -0.15) is 20.2 Å². The van der Waals surface area contributed by atoms with Crippen LogP contribution in [0.1, 0.15) is 5.69 Å². The molecule has 0 aliphatic rings.